The van der Waals surface area contributed by atoms with Gasteiger partial charge in [-0.1, -0.05) is 0 Å². The number of esters is 1. The lowest BCUT2D eigenvalue weighted by Crippen LogP contribution is -2.37. The fraction of sp³-hybridized carbons (Fsp3) is 0.238. The van der Waals surface area contributed by atoms with Crippen LogP contribution in [0.4, 0.5) is 15.8 Å². The number of anilines is 1. The van der Waals surface area contributed by atoms with Gasteiger partial charge in [0.15, 0.2) is 0 Å². The fourth-order valence-corrected chi connectivity index (χ4v) is 4.01. The Bertz CT molecular complexity index is 1100. The maximum absolute atomic E-state index is 13.1. The molecule has 0 aliphatic carbocycles. The minimum atomic E-state index is -0.665. The lowest BCUT2D eigenvalue weighted by atomic mass is 10.1. The number of halogens is 1. The summed E-state index contributed by atoms with van der Waals surface area (Å²) in [5, 5.41) is 13.6. The molecular formula is C21H18FN3O5S. The second-order valence-corrected chi connectivity index (χ2v) is 7.64. The first kappa shape index (κ1) is 20.9. The molecule has 0 atom stereocenters. The summed E-state index contributed by atoms with van der Waals surface area (Å²) in [6.45, 7) is 2.09. The molecule has 1 aromatic heterocycles. The van der Waals surface area contributed by atoms with Gasteiger partial charge in [0.25, 0.3) is 5.69 Å². The Morgan fingerprint density at radius 2 is 1.97 bits per heavy atom. The van der Waals surface area contributed by atoms with Crippen molar-refractivity contribution in [1.82, 2.24) is 4.98 Å². The highest BCUT2D eigenvalue weighted by atomic mass is 32.1. The Hall–Kier alpha value is -3.37. The van der Waals surface area contributed by atoms with Crippen LogP contribution in [0.3, 0.4) is 0 Å². The molecule has 1 aliphatic rings. The lowest BCUT2D eigenvalue weighted by Gasteiger charge is -2.30. The molecule has 0 N–H and O–H groups in total. The maximum atomic E-state index is 13.1. The molecule has 0 spiro atoms. The van der Waals surface area contributed by atoms with Crippen molar-refractivity contribution in [2.45, 2.75) is 6.61 Å². The van der Waals surface area contributed by atoms with Crippen LogP contribution in [-0.4, -0.2) is 42.2 Å². The molecule has 31 heavy (non-hydrogen) atoms. The third-order valence-corrected chi connectivity index (χ3v) is 5.70. The zero-order valence-corrected chi connectivity index (χ0v) is 17.1. The van der Waals surface area contributed by atoms with E-state index in [0.29, 0.717) is 42.7 Å². The van der Waals surface area contributed by atoms with Gasteiger partial charge in [0.1, 0.15) is 17.4 Å². The Morgan fingerprint density at radius 1 is 1.23 bits per heavy atom. The van der Waals surface area contributed by atoms with E-state index in [0.717, 1.165) is 5.56 Å². The molecule has 2 heterocycles. The number of nitro benzene ring substituents is 1. The van der Waals surface area contributed by atoms with E-state index in [2.05, 4.69) is 4.98 Å². The number of rotatable bonds is 6. The number of hydrogen-bond acceptors (Lipinski definition) is 8. The normalized spacial score (nSPS) is 13.8. The van der Waals surface area contributed by atoms with Crippen molar-refractivity contribution in [3.05, 3.63) is 75.0 Å². The van der Waals surface area contributed by atoms with Gasteiger partial charge < -0.3 is 14.4 Å². The van der Waals surface area contributed by atoms with Crippen molar-refractivity contribution in [3.63, 3.8) is 0 Å². The highest BCUT2D eigenvalue weighted by molar-refractivity contribution is 7.13. The lowest BCUT2D eigenvalue weighted by molar-refractivity contribution is -0.384. The van der Waals surface area contributed by atoms with Crippen molar-refractivity contribution in [2.75, 3.05) is 31.2 Å². The third kappa shape index (κ3) is 4.86. The van der Waals surface area contributed by atoms with Crippen LogP contribution in [0.2, 0.25) is 0 Å². The van der Waals surface area contributed by atoms with E-state index in [1.54, 1.807) is 23.6 Å². The van der Waals surface area contributed by atoms with Gasteiger partial charge in [0.05, 0.1) is 35.1 Å². The zero-order valence-electron chi connectivity index (χ0n) is 16.3. The average molecular weight is 443 g/mol. The monoisotopic (exact) mass is 443 g/mol. The molecule has 10 heteroatoms. The number of non-ortho nitro benzene ring substituents is 1. The van der Waals surface area contributed by atoms with Crippen molar-refractivity contribution in [3.8, 4) is 10.6 Å². The van der Waals surface area contributed by atoms with Crippen LogP contribution < -0.4 is 4.90 Å². The number of carbonyl (C=O) groups is 1. The molecule has 0 unspecified atom stereocenters. The number of carbonyl (C=O) groups excluding carboxylic acids is 1. The van der Waals surface area contributed by atoms with Gasteiger partial charge in [-0.15, -0.1) is 11.3 Å². The summed E-state index contributed by atoms with van der Waals surface area (Å²) in [7, 11) is 0. The van der Waals surface area contributed by atoms with Crippen molar-refractivity contribution < 1.29 is 23.6 Å². The zero-order chi connectivity index (χ0) is 21.8. The van der Waals surface area contributed by atoms with Gasteiger partial charge in [0.2, 0.25) is 0 Å². The van der Waals surface area contributed by atoms with Crippen LogP contribution >= 0.6 is 11.3 Å². The summed E-state index contributed by atoms with van der Waals surface area (Å²) >= 11 is 1.35. The number of benzene rings is 2. The van der Waals surface area contributed by atoms with Crippen molar-refractivity contribution >= 4 is 28.7 Å². The van der Waals surface area contributed by atoms with E-state index in [4.69, 9.17) is 9.47 Å². The van der Waals surface area contributed by atoms with Gasteiger partial charge in [-0.25, -0.2) is 14.2 Å². The van der Waals surface area contributed by atoms with E-state index < -0.39 is 10.9 Å². The van der Waals surface area contributed by atoms with E-state index in [-0.39, 0.29) is 23.7 Å². The molecule has 4 rings (SSSR count). The van der Waals surface area contributed by atoms with Crippen molar-refractivity contribution in [2.24, 2.45) is 0 Å². The van der Waals surface area contributed by atoms with E-state index in [1.807, 2.05) is 4.90 Å². The highest BCUT2D eigenvalue weighted by Crippen LogP contribution is 2.28. The predicted molar refractivity (Wildman–Crippen MR) is 113 cm³/mol. The number of nitrogens with zero attached hydrogens (tertiary/aromatic N) is 3. The quantitative estimate of drug-likeness (QED) is 0.322. The Morgan fingerprint density at radius 3 is 2.68 bits per heavy atom. The summed E-state index contributed by atoms with van der Waals surface area (Å²) in [6.07, 6.45) is 0. The topological polar surface area (TPSA) is 94.8 Å². The molecule has 0 saturated carbocycles. The Kier molecular flexibility index (Phi) is 6.19. The van der Waals surface area contributed by atoms with Crippen LogP contribution in [0.5, 0.6) is 0 Å². The fourth-order valence-electron chi connectivity index (χ4n) is 3.20. The van der Waals surface area contributed by atoms with Gasteiger partial charge in [-0.3, -0.25) is 10.1 Å². The number of ether oxygens (including phenoxy) is 2. The maximum Gasteiger partial charge on any atom is 0.340 e. The molecule has 3 aromatic rings. The standard InChI is InChI=1S/C21H18FN3O5S/c22-15-3-1-14(2-4-15)20-23-16(13-31-20)12-30-21(26)18-11-17(25(27)28)5-6-19(18)24-7-9-29-10-8-24/h1-6,11,13H,7-10,12H2. The Labute approximate surface area is 181 Å². The first-order valence-electron chi connectivity index (χ1n) is 9.50. The molecule has 1 fully saturated rings. The number of aromatic nitrogens is 1. The first-order valence-corrected chi connectivity index (χ1v) is 10.4. The molecule has 0 amide bonds. The second-order valence-electron chi connectivity index (χ2n) is 6.79. The molecule has 1 saturated heterocycles. The number of hydrogen-bond donors (Lipinski definition) is 0. The van der Waals surface area contributed by atoms with E-state index in [9.17, 15) is 19.3 Å². The van der Waals surface area contributed by atoms with Gasteiger partial charge in [-0.05, 0) is 30.3 Å². The van der Waals surface area contributed by atoms with Crippen LogP contribution in [0, 0.1) is 15.9 Å². The molecule has 160 valence electrons. The highest BCUT2D eigenvalue weighted by Gasteiger charge is 2.23. The van der Waals surface area contributed by atoms with Crippen LogP contribution in [0.1, 0.15) is 16.1 Å². The van der Waals surface area contributed by atoms with Crippen molar-refractivity contribution in [1.29, 1.82) is 0 Å². The van der Waals surface area contributed by atoms with Gasteiger partial charge in [-0.2, -0.15) is 0 Å². The minimum absolute atomic E-state index is 0.0816. The average Bonchev–Trinajstić information content (AvgIpc) is 3.27. The molecule has 0 radical (unpaired) electrons. The third-order valence-electron chi connectivity index (χ3n) is 4.76. The summed E-state index contributed by atoms with van der Waals surface area (Å²) < 4.78 is 23.9. The van der Waals surface area contributed by atoms with Crippen LogP contribution in [0.25, 0.3) is 10.6 Å². The first-order chi connectivity index (χ1) is 15.0. The summed E-state index contributed by atoms with van der Waals surface area (Å²) in [6, 6.07) is 10.1. The Balaban J connectivity index is 1.50. The molecule has 0 bridgehead atoms. The molecule has 8 nitrogen and oxygen atoms in total. The van der Waals surface area contributed by atoms with Gasteiger partial charge in [0, 0.05) is 36.2 Å². The van der Waals surface area contributed by atoms with Gasteiger partial charge >= 0.3 is 5.97 Å². The predicted octanol–water partition coefficient (Wildman–Crippen LogP) is 4.05. The van der Waals surface area contributed by atoms with E-state index >= 15 is 0 Å². The van der Waals surface area contributed by atoms with Crippen LogP contribution in [0.15, 0.2) is 47.8 Å². The molecule has 1 aliphatic heterocycles. The summed E-state index contributed by atoms with van der Waals surface area (Å²) in [5.74, 6) is -0.996. The minimum Gasteiger partial charge on any atom is -0.455 e. The number of thiazole rings is 1. The summed E-state index contributed by atoms with van der Waals surface area (Å²) in [4.78, 5) is 29.8. The second kappa shape index (κ2) is 9.19. The van der Waals surface area contributed by atoms with Crippen LogP contribution in [-0.2, 0) is 16.1 Å². The SMILES string of the molecule is O=C(OCc1csc(-c2ccc(F)cc2)n1)c1cc([N+](=O)[O-])ccc1N1CCOCC1. The smallest absolute Gasteiger partial charge is 0.340 e. The number of morpholine rings is 1. The molecule has 2 aromatic carbocycles. The molecular weight excluding hydrogens is 425 g/mol. The number of nitro groups is 1. The summed E-state index contributed by atoms with van der Waals surface area (Å²) in [5.41, 5.74) is 1.82. The van der Waals surface area contributed by atoms with E-state index in [1.165, 1.54) is 35.6 Å². The largest absolute Gasteiger partial charge is 0.455 e.